The van der Waals surface area contributed by atoms with Crippen molar-refractivity contribution in [2.75, 3.05) is 11.9 Å². The van der Waals surface area contributed by atoms with Crippen molar-refractivity contribution < 1.29 is 9.53 Å². The number of carbonyl (C=O) groups excluding carboxylic acids is 1. The number of hydrogen-bond acceptors (Lipinski definition) is 3. The molecule has 1 heterocycles. The SMILES string of the molecule is Cc1ccc(C)c(OCC(=O)Nc2ccnn2CC(C)C)c1. The summed E-state index contributed by atoms with van der Waals surface area (Å²) in [5, 5.41) is 7.05. The van der Waals surface area contributed by atoms with Crippen molar-refractivity contribution in [3.8, 4) is 5.75 Å². The highest BCUT2D eigenvalue weighted by Crippen LogP contribution is 2.19. The van der Waals surface area contributed by atoms with E-state index in [1.165, 1.54) is 0 Å². The Morgan fingerprint density at radius 3 is 2.82 bits per heavy atom. The van der Waals surface area contributed by atoms with Crippen LogP contribution in [-0.2, 0) is 11.3 Å². The highest BCUT2D eigenvalue weighted by Gasteiger charge is 2.10. The van der Waals surface area contributed by atoms with Gasteiger partial charge in [-0.1, -0.05) is 26.0 Å². The van der Waals surface area contributed by atoms with Crippen molar-refractivity contribution in [1.29, 1.82) is 0 Å². The maximum absolute atomic E-state index is 12.0. The number of hydrogen-bond donors (Lipinski definition) is 1. The lowest BCUT2D eigenvalue weighted by Crippen LogP contribution is -2.23. The quantitative estimate of drug-likeness (QED) is 0.891. The first-order chi connectivity index (χ1) is 10.5. The summed E-state index contributed by atoms with van der Waals surface area (Å²) in [7, 11) is 0. The monoisotopic (exact) mass is 301 g/mol. The molecule has 0 radical (unpaired) electrons. The Morgan fingerprint density at radius 2 is 2.09 bits per heavy atom. The van der Waals surface area contributed by atoms with E-state index in [0.717, 1.165) is 23.4 Å². The van der Waals surface area contributed by atoms with Gasteiger partial charge in [-0.25, -0.2) is 4.68 Å². The van der Waals surface area contributed by atoms with Crippen LogP contribution < -0.4 is 10.1 Å². The van der Waals surface area contributed by atoms with E-state index >= 15 is 0 Å². The number of nitrogens with zero attached hydrogens (tertiary/aromatic N) is 2. The molecule has 0 spiro atoms. The van der Waals surface area contributed by atoms with E-state index in [-0.39, 0.29) is 12.5 Å². The fraction of sp³-hybridized carbons (Fsp3) is 0.412. The minimum Gasteiger partial charge on any atom is -0.483 e. The fourth-order valence-corrected chi connectivity index (χ4v) is 2.12. The molecule has 1 amide bonds. The topological polar surface area (TPSA) is 56.1 Å². The maximum Gasteiger partial charge on any atom is 0.263 e. The van der Waals surface area contributed by atoms with E-state index in [1.807, 2.05) is 32.0 Å². The van der Waals surface area contributed by atoms with Crippen LogP contribution in [0.1, 0.15) is 25.0 Å². The van der Waals surface area contributed by atoms with Gasteiger partial charge < -0.3 is 10.1 Å². The molecule has 1 N–H and O–H groups in total. The molecule has 2 rings (SSSR count). The van der Waals surface area contributed by atoms with Crippen LogP contribution in [0.4, 0.5) is 5.82 Å². The Kier molecular flexibility index (Phi) is 5.20. The first kappa shape index (κ1) is 16.1. The molecule has 0 saturated carbocycles. The molecular formula is C17H23N3O2. The normalized spacial score (nSPS) is 10.8. The van der Waals surface area contributed by atoms with Crippen LogP contribution in [0.2, 0.25) is 0 Å². The third-order valence-electron chi connectivity index (χ3n) is 3.22. The largest absolute Gasteiger partial charge is 0.483 e. The van der Waals surface area contributed by atoms with Crippen LogP contribution >= 0.6 is 0 Å². The number of aryl methyl sites for hydroxylation is 2. The fourth-order valence-electron chi connectivity index (χ4n) is 2.12. The summed E-state index contributed by atoms with van der Waals surface area (Å²) in [6, 6.07) is 7.73. The summed E-state index contributed by atoms with van der Waals surface area (Å²) < 4.78 is 7.40. The van der Waals surface area contributed by atoms with Gasteiger partial charge in [0.2, 0.25) is 0 Å². The second-order valence-corrected chi connectivity index (χ2v) is 5.90. The van der Waals surface area contributed by atoms with Gasteiger partial charge in [-0.3, -0.25) is 4.79 Å². The highest BCUT2D eigenvalue weighted by atomic mass is 16.5. The molecule has 22 heavy (non-hydrogen) atoms. The lowest BCUT2D eigenvalue weighted by atomic mass is 10.1. The summed E-state index contributed by atoms with van der Waals surface area (Å²) in [6.45, 7) is 8.92. The molecule has 0 saturated heterocycles. The molecule has 0 aliphatic heterocycles. The van der Waals surface area contributed by atoms with Gasteiger partial charge in [0.05, 0.1) is 6.20 Å². The van der Waals surface area contributed by atoms with Crippen LogP contribution in [0.25, 0.3) is 0 Å². The summed E-state index contributed by atoms with van der Waals surface area (Å²) in [5.41, 5.74) is 2.12. The van der Waals surface area contributed by atoms with Crippen molar-refractivity contribution in [2.45, 2.75) is 34.2 Å². The van der Waals surface area contributed by atoms with Gasteiger partial charge in [-0.2, -0.15) is 5.10 Å². The van der Waals surface area contributed by atoms with Crippen molar-refractivity contribution in [3.63, 3.8) is 0 Å². The first-order valence-electron chi connectivity index (χ1n) is 7.47. The highest BCUT2D eigenvalue weighted by molar-refractivity contribution is 5.91. The molecule has 5 nitrogen and oxygen atoms in total. The number of ether oxygens (including phenoxy) is 1. The summed E-state index contributed by atoms with van der Waals surface area (Å²) >= 11 is 0. The van der Waals surface area contributed by atoms with Crippen molar-refractivity contribution in [2.24, 2.45) is 5.92 Å². The number of benzene rings is 1. The third kappa shape index (κ3) is 4.35. The van der Waals surface area contributed by atoms with Crippen LogP contribution in [0.15, 0.2) is 30.5 Å². The van der Waals surface area contributed by atoms with Gasteiger partial charge in [0.15, 0.2) is 6.61 Å². The molecule has 0 aliphatic carbocycles. The minimum absolute atomic E-state index is 0.0167. The molecule has 118 valence electrons. The predicted molar refractivity (Wildman–Crippen MR) is 87.1 cm³/mol. The Labute approximate surface area is 131 Å². The molecular weight excluding hydrogens is 278 g/mol. The first-order valence-corrected chi connectivity index (χ1v) is 7.47. The van der Waals surface area contributed by atoms with Gasteiger partial charge in [-0.05, 0) is 37.0 Å². The standard InChI is InChI=1S/C17H23N3O2/c1-12(2)10-20-16(7-8-18-20)19-17(21)11-22-15-9-13(3)5-6-14(15)4/h5-9,12H,10-11H2,1-4H3,(H,19,21). The molecule has 0 fully saturated rings. The Bertz CT molecular complexity index is 647. The molecule has 2 aromatic rings. The Morgan fingerprint density at radius 1 is 1.32 bits per heavy atom. The summed E-state index contributed by atoms with van der Waals surface area (Å²) in [5.74, 6) is 1.71. The van der Waals surface area contributed by atoms with Gasteiger partial charge in [0.1, 0.15) is 11.6 Å². The third-order valence-corrected chi connectivity index (χ3v) is 3.22. The van der Waals surface area contributed by atoms with E-state index in [2.05, 4.69) is 24.3 Å². The van der Waals surface area contributed by atoms with Crippen molar-refractivity contribution in [1.82, 2.24) is 9.78 Å². The van der Waals surface area contributed by atoms with E-state index in [1.54, 1.807) is 16.9 Å². The molecule has 5 heteroatoms. The number of carbonyl (C=O) groups is 1. The molecule has 0 bridgehead atoms. The van der Waals surface area contributed by atoms with E-state index in [9.17, 15) is 4.79 Å². The molecule has 0 atom stereocenters. The minimum atomic E-state index is -0.189. The number of rotatable bonds is 6. The van der Waals surface area contributed by atoms with Crippen LogP contribution in [0.5, 0.6) is 5.75 Å². The Hall–Kier alpha value is -2.30. The van der Waals surface area contributed by atoms with Gasteiger partial charge >= 0.3 is 0 Å². The van der Waals surface area contributed by atoms with E-state index in [4.69, 9.17) is 4.74 Å². The van der Waals surface area contributed by atoms with Crippen molar-refractivity contribution >= 4 is 11.7 Å². The van der Waals surface area contributed by atoms with Crippen LogP contribution in [-0.4, -0.2) is 22.3 Å². The smallest absolute Gasteiger partial charge is 0.263 e. The molecule has 1 aromatic heterocycles. The zero-order valence-electron chi connectivity index (χ0n) is 13.6. The molecule has 0 aliphatic rings. The second-order valence-electron chi connectivity index (χ2n) is 5.90. The van der Waals surface area contributed by atoms with Crippen LogP contribution in [0, 0.1) is 19.8 Å². The number of amides is 1. The number of aromatic nitrogens is 2. The van der Waals surface area contributed by atoms with Crippen LogP contribution in [0.3, 0.4) is 0 Å². The van der Waals surface area contributed by atoms with E-state index < -0.39 is 0 Å². The summed E-state index contributed by atoms with van der Waals surface area (Å²) in [6.07, 6.45) is 1.68. The zero-order valence-corrected chi connectivity index (χ0v) is 13.6. The predicted octanol–water partition coefficient (Wildman–Crippen LogP) is 3.17. The lowest BCUT2D eigenvalue weighted by Gasteiger charge is -2.12. The second kappa shape index (κ2) is 7.11. The number of nitrogens with one attached hydrogen (secondary N) is 1. The van der Waals surface area contributed by atoms with Gasteiger partial charge in [0.25, 0.3) is 5.91 Å². The summed E-state index contributed by atoms with van der Waals surface area (Å²) in [4.78, 5) is 12.0. The molecule has 1 aromatic carbocycles. The van der Waals surface area contributed by atoms with Crippen molar-refractivity contribution in [3.05, 3.63) is 41.6 Å². The average molecular weight is 301 g/mol. The van der Waals surface area contributed by atoms with E-state index in [0.29, 0.717) is 11.7 Å². The van der Waals surface area contributed by atoms with Gasteiger partial charge in [0, 0.05) is 12.6 Å². The number of anilines is 1. The average Bonchev–Trinajstić information content (AvgIpc) is 2.86. The van der Waals surface area contributed by atoms with Gasteiger partial charge in [-0.15, -0.1) is 0 Å². The Balaban J connectivity index is 1.93. The maximum atomic E-state index is 12.0. The lowest BCUT2D eigenvalue weighted by molar-refractivity contribution is -0.118. The molecule has 0 unspecified atom stereocenters. The zero-order chi connectivity index (χ0) is 16.1.